The normalized spacial score (nSPS) is 17.0. The number of hydrogen-bond acceptors (Lipinski definition) is 6. The number of methoxy groups -OCH3 is 1. The number of para-hydroxylation sites is 1. The van der Waals surface area contributed by atoms with Crippen LogP contribution in [0.25, 0.3) is 0 Å². The molecule has 0 unspecified atom stereocenters. The number of aryl methyl sites for hydroxylation is 1. The molecule has 0 spiro atoms. The van der Waals surface area contributed by atoms with E-state index in [1.807, 2.05) is 24.3 Å². The fourth-order valence-electron chi connectivity index (χ4n) is 5.30. The van der Waals surface area contributed by atoms with Gasteiger partial charge in [-0.1, -0.05) is 18.2 Å². The third kappa shape index (κ3) is 4.82. The van der Waals surface area contributed by atoms with E-state index in [1.54, 1.807) is 19.2 Å². The van der Waals surface area contributed by atoms with Crippen molar-refractivity contribution in [3.8, 4) is 5.75 Å². The summed E-state index contributed by atoms with van der Waals surface area (Å²) in [4.78, 5) is 7.58. The summed E-state index contributed by atoms with van der Waals surface area (Å²) >= 11 is 0. The first kappa shape index (κ1) is 24.7. The maximum Gasteiger partial charge on any atom is 0.210 e. The Morgan fingerprint density at radius 3 is 2.03 bits per heavy atom. The summed E-state index contributed by atoms with van der Waals surface area (Å²) in [5.74, 6) is 0.426. The summed E-state index contributed by atoms with van der Waals surface area (Å²) in [6.07, 6.45) is 1.74. The molecule has 0 bridgehead atoms. The molecule has 7 heteroatoms. The molecule has 2 heterocycles. The minimum atomic E-state index is -3.70. The Kier molecular flexibility index (Phi) is 6.95. The van der Waals surface area contributed by atoms with Crippen LogP contribution in [0.4, 0.5) is 11.4 Å². The second kappa shape index (κ2) is 10.1. The van der Waals surface area contributed by atoms with Gasteiger partial charge in [0.25, 0.3) is 0 Å². The Labute approximate surface area is 215 Å². The van der Waals surface area contributed by atoms with E-state index in [0.29, 0.717) is 10.6 Å². The number of likely N-dealkylation sites (N-methyl/N-ethyl adjacent to an activating group) is 1. The van der Waals surface area contributed by atoms with Crippen LogP contribution >= 0.6 is 0 Å². The smallest absolute Gasteiger partial charge is 0.210 e. The number of sulfone groups is 1. The number of fused-ring (bicyclic) bond motifs is 1. The monoisotopic (exact) mass is 505 g/mol. The third-order valence-electron chi connectivity index (χ3n) is 7.55. The van der Waals surface area contributed by atoms with E-state index in [4.69, 9.17) is 4.74 Å². The van der Waals surface area contributed by atoms with Crippen molar-refractivity contribution in [2.75, 3.05) is 63.2 Å². The summed E-state index contributed by atoms with van der Waals surface area (Å²) in [7, 11) is -0.0561. The molecule has 5 rings (SSSR count). The molecule has 3 aromatic rings. The molecule has 1 fully saturated rings. The van der Waals surface area contributed by atoms with Gasteiger partial charge in [0, 0.05) is 50.6 Å². The van der Waals surface area contributed by atoms with Gasteiger partial charge in [-0.05, 0) is 86.0 Å². The molecule has 2 aliphatic rings. The van der Waals surface area contributed by atoms with Crippen LogP contribution in [0.3, 0.4) is 0 Å². The van der Waals surface area contributed by atoms with Gasteiger partial charge < -0.3 is 19.4 Å². The van der Waals surface area contributed by atoms with Crippen LogP contribution in [0.5, 0.6) is 5.75 Å². The number of ether oxygens (including phenoxy) is 1. The lowest BCUT2D eigenvalue weighted by Crippen LogP contribution is -2.46. The van der Waals surface area contributed by atoms with Gasteiger partial charge in [0.05, 0.1) is 12.0 Å². The molecule has 0 N–H and O–H groups in total. The van der Waals surface area contributed by atoms with E-state index >= 15 is 0 Å². The molecule has 2 aliphatic heterocycles. The van der Waals surface area contributed by atoms with E-state index < -0.39 is 9.84 Å². The first-order chi connectivity index (χ1) is 17.4. The van der Waals surface area contributed by atoms with Crippen molar-refractivity contribution in [1.29, 1.82) is 0 Å². The Balaban J connectivity index is 1.34. The minimum absolute atomic E-state index is 0.257. The standard InChI is InChI=1S/C29H35N3O3S/c1-22-6-4-5-7-27(22)32-18-16-31(17-19-32)25-8-10-26(11-9-25)36(33,34)29-21-24-13-15-30(2)14-12-23(24)20-28(29)35-3/h4-11,20-21H,12-19H2,1-3H3. The molecule has 0 aromatic heterocycles. The number of hydrogen-bond donors (Lipinski definition) is 0. The minimum Gasteiger partial charge on any atom is -0.495 e. The van der Waals surface area contributed by atoms with Crippen molar-refractivity contribution in [3.63, 3.8) is 0 Å². The molecule has 0 radical (unpaired) electrons. The van der Waals surface area contributed by atoms with Crippen LogP contribution in [0.15, 0.2) is 70.5 Å². The Bertz CT molecular complexity index is 1330. The second-order valence-corrected chi connectivity index (χ2v) is 11.8. The highest BCUT2D eigenvalue weighted by Crippen LogP contribution is 2.34. The van der Waals surface area contributed by atoms with Gasteiger partial charge >= 0.3 is 0 Å². The maximum absolute atomic E-state index is 13.7. The molecule has 0 atom stereocenters. The molecule has 1 saturated heterocycles. The summed E-state index contributed by atoms with van der Waals surface area (Å²) < 4.78 is 32.9. The number of rotatable bonds is 5. The van der Waals surface area contributed by atoms with E-state index in [-0.39, 0.29) is 4.90 Å². The fraction of sp³-hybridized carbons (Fsp3) is 0.379. The predicted octanol–water partition coefficient (Wildman–Crippen LogP) is 4.19. The quantitative estimate of drug-likeness (QED) is 0.518. The maximum atomic E-state index is 13.7. The van der Waals surface area contributed by atoms with Crippen molar-refractivity contribution < 1.29 is 13.2 Å². The molecule has 36 heavy (non-hydrogen) atoms. The average Bonchev–Trinajstić information content (AvgIpc) is 3.09. The summed E-state index contributed by atoms with van der Waals surface area (Å²) in [6.45, 7) is 7.70. The van der Waals surface area contributed by atoms with Gasteiger partial charge in [-0.2, -0.15) is 0 Å². The van der Waals surface area contributed by atoms with Gasteiger partial charge in [-0.25, -0.2) is 8.42 Å². The van der Waals surface area contributed by atoms with Crippen molar-refractivity contribution in [2.24, 2.45) is 0 Å². The molecule has 0 aliphatic carbocycles. The second-order valence-electron chi connectivity index (χ2n) is 9.83. The number of benzene rings is 3. The molecule has 190 valence electrons. The van der Waals surface area contributed by atoms with E-state index in [2.05, 4.69) is 52.9 Å². The van der Waals surface area contributed by atoms with Crippen LogP contribution in [0.2, 0.25) is 0 Å². The number of piperazine rings is 1. The Morgan fingerprint density at radius 1 is 0.778 bits per heavy atom. The van der Waals surface area contributed by atoms with Gasteiger partial charge in [0.2, 0.25) is 9.84 Å². The molecular weight excluding hydrogens is 470 g/mol. The Morgan fingerprint density at radius 2 is 1.39 bits per heavy atom. The van der Waals surface area contributed by atoms with Crippen molar-refractivity contribution in [3.05, 3.63) is 77.4 Å². The zero-order valence-electron chi connectivity index (χ0n) is 21.4. The Hall–Kier alpha value is -3.03. The average molecular weight is 506 g/mol. The van der Waals surface area contributed by atoms with Crippen molar-refractivity contribution in [2.45, 2.75) is 29.6 Å². The summed E-state index contributed by atoms with van der Waals surface area (Å²) in [5, 5.41) is 0. The summed E-state index contributed by atoms with van der Waals surface area (Å²) in [5.41, 5.74) is 5.91. The third-order valence-corrected chi connectivity index (χ3v) is 9.34. The van der Waals surface area contributed by atoms with Crippen molar-refractivity contribution in [1.82, 2.24) is 4.90 Å². The zero-order chi connectivity index (χ0) is 25.3. The lowest BCUT2D eigenvalue weighted by molar-refractivity contribution is 0.352. The molecule has 3 aromatic carbocycles. The first-order valence-electron chi connectivity index (χ1n) is 12.7. The first-order valence-corrected chi connectivity index (χ1v) is 14.1. The number of anilines is 2. The van der Waals surface area contributed by atoms with Crippen LogP contribution in [-0.2, 0) is 22.7 Å². The lowest BCUT2D eigenvalue weighted by atomic mass is 10.0. The van der Waals surface area contributed by atoms with Gasteiger partial charge in [-0.3, -0.25) is 0 Å². The van der Waals surface area contributed by atoms with Gasteiger partial charge in [0.15, 0.2) is 0 Å². The SMILES string of the molecule is COc1cc2c(cc1S(=O)(=O)c1ccc(N3CCN(c4ccccc4C)CC3)cc1)CCN(C)CC2. The zero-order valence-corrected chi connectivity index (χ0v) is 22.2. The highest BCUT2D eigenvalue weighted by Gasteiger charge is 2.26. The number of nitrogens with zero attached hydrogens (tertiary/aromatic N) is 3. The van der Waals surface area contributed by atoms with Crippen LogP contribution in [-0.4, -0.2) is 66.7 Å². The van der Waals surface area contributed by atoms with Gasteiger partial charge in [0.1, 0.15) is 10.6 Å². The van der Waals surface area contributed by atoms with E-state index in [0.717, 1.165) is 63.4 Å². The highest BCUT2D eigenvalue weighted by molar-refractivity contribution is 7.91. The lowest BCUT2D eigenvalue weighted by Gasteiger charge is -2.38. The molecule has 0 amide bonds. The molecule has 6 nitrogen and oxygen atoms in total. The van der Waals surface area contributed by atoms with E-state index in [1.165, 1.54) is 16.8 Å². The fourth-order valence-corrected chi connectivity index (χ4v) is 6.75. The molecular formula is C29H35N3O3S. The van der Waals surface area contributed by atoms with Crippen LogP contribution < -0.4 is 14.5 Å². The van der Waals surface area contributed by atoms with Crippen molar-refractivity contribution >= 4 is 21.2 Å². The van der Waals surface area contributed by atoms with Crippen LogP contribution in [0.1, 0.15) is 16.7 Å². The summed E-state index contributed by atoms with van der Waals surface area (Å²) in [6, 6.07) is 19.6. The largest absolute Gasteiger partial charge is 0.495 e. The highest BCUT2D eigenvalue weighted by atomic mass is 32.2. The topological polar surface area (TPSA) is 53.1 Å². The van der Waals surface area contributed by atoms with E-state index in [9.17, 15) is 8.42 Å². The predicted molar refractivity (Wildman–Crippen MR) is 145 cm³/mol. The van der Waals surface area contributed by atoms with Crippen LogP contribution in [0, 0.1) is 6.92 Å². The van der Waals surface area contributed by atoms with Gasteiger partial charge in [-0.15, -0.1) is 0 Å². The molecule has 0 saturated carbocycles.